The second-order valence-electron chi connectivity index (χ2n) is 6.90. The Balaban J connectivity index is 1.40. The van der Waals surface area contributed by atoms with Gasteiger partial charge in [-0.25, -0.2) is 15.4 Å². The van der Waals surface area contributed by atoms with E-state index in [1.165, 1.54) is 18.0 Å². The van der Waals surface area contributed by atoms with Crippen molar-refractivity contribution in [1.82, 2.24) is 15.4 Å². The van der Waals surface area contributed by atoms with Crippen LogP contribution < -0.4 is 15.5 Å². The number of hydrazone groups is 1. The lowest BCUT2D eigenvalue weighted by Crippen LogP contribution is -2.20. The van der Waals surface area contributed by atoms with Crippen LogP contribution in [0.5, 0.6) is 5.75 Å². The van der Waals surface area contributed by atoms with Gasteiger partial charge >= 0.3 is 0 Å². The average molecular weight is 484 g/mol. The van der Waals surface area contributed by atoms with E-state index in [1.54, 1.807) is 48.5 Å². The molecular weight excluding hydrogens is 462 g/mol. The van der Waals surface area contributed by atoms with Gasteiger partial charge in [0.1, 0.15) is 5.75 Å². The summed E-state index contributed by atoms with van der Waals surface area (Å²) in [5.74, 6) is 0.0999. The van der Waals surface area contributed by atoms with Gasteiger partial charge < -0.3 is 10.1 Å². The molecule has 0 radical (unpaired) electrons. The highest BCUT2D eigenvalue weighted by molar-refractivity contribution is 7.99. The fraction of sp³-hybridized carbons (Fsp3) is 0.174. The van der Waals surface area contributed by atoms with Crippen LogP contribution in [0.15, 0.2) is 64.9 Å². The number of para-hydroxylation sites is 1. The zero-order chi connectivity index (χ0) is 23.6. The number of ether oxygens (including phenoxy) is 1. The first-order valence-corrected chi connectivity index (χ1v) is 11.3. The number of amides is 2. The number of thioether (sulfide) groups is 1. The molecular formula is C23H22ClN5O3S. The average Bonchev–Trinajstić information content (AvgIpc) is 2.78. The van der Waals surface area contributed by atoms with Gasteiger partial charge in [-0.05, 0) is 61.9 Å². The molecule has 1 heterocycles. The van der Waals surface area contributed by atoms with Gasteiger partial charge in [0.2, 0.25) is 0 Å². The maximum Gasteiger partial charge on any atom is 0.262 e. The van der Waals surface area contributed by atoms with Crippen molar-refractivity contribution in [2.24, 2.45) is 5.10 Å². The van der Waals surface area contributed by atoms with E-state index in [9.17, 15) is 9.59 Å². The third kappa shape index (κ3) is 8.21. The molecule has 0 saturated carbocycles. The summed E-state index contributed by atoms with van der Waals surface area (Å²) >= 11 is 7.27. The van der Waals surface area contributed by atoms with Crippen LogP contribution in [-0.2, 0) is 9.59 Å². The number of nitrogens with zero attached hydrogens (tertiary/aromatic N) is 3. The first-order chi connectivity index (χ1) is 15.9. The minimum Gasteiger partial charge on any atom is -0.484 e. The van der Waals surface area contributed by atoms with Gasteiger partial charge in [0.15, 0.2) is 11.8 Å². The molecule has 3 aromatic rings. The maximum atomic E-state index is 12.0. The summed E-state index contributed by atoms with van der Waals surface area (Å²) in [6.07, 6.45) is 1.52. The number of carbonyl (C=O) groups excluding carboxylic acids is 2. The highest BCUT2D eigenvalue weighted by atomic mass is 35.5. The van der Waals surface area contributed by atoms with Crippen molar-refractivity contribution in [3.05, 3.63) is 76.6 Å². The van der Waals surface area contributed by atoms with Crippen LogP contribution in [0.3, 0.4) is 0 Å². The molecule has 33 heavy (non-hydrogen) atoms. The Kier molecular flexibility index (Phi) is 8.79. The fourth-order valence-corrected chi connectivity index (χ4v) is 3.57. The Hall–Kier alpha value is -3.43. The molecule has 10 heteroatoms. The van der Waals surface area contributed by atoms with E-state index in [0.717, 1.165) is 17.0 Å². The Bertz CT molecular complexity index is 1130. The molecule has 0 spiro atoms. The Morgan fingerprint density at radius 3 is 2.45 bits per heavy atom. The molecule has 0 saturated heterocycles. The lowest BCUT2D eigenvalue weighted by atomic mass is 10.2. The summed E-state index contributed by atoms with van der Waals surface area (Å²) in [5, 5.41) is 7.66. The van der Waals surface area contributed by atoms with Crippen molar-refractivity contribution in [1.29, 1.82) is 0 Å². The molecule has 0 aliphatic carbocycles. The number of aryl methyl sites for hydroxylation is 2. The number of hydrogen-bond acceptors (Lipinski definition) is 7. The molecule has 0 atom stereocenters. The summed E-state index contributed by atoms with van der Waals surface area (Å²) in [6, 6.07) is 15.8. The second kappa shape index (κ2) is 12.0. The number of aromatic nitrogens is 2. The highest BCUT2D eigenvalue weighted by Gasteiger charge is 2.07. The maximum absolute atomic E-state index is 12.0. The topological polar surface area (TPSA) is 106 Å². The zero-order valence-electron chi connectivity index (χ0n) is 18.0. The third-order valence-corrected chi connectivity index (χ3v) is 5.27. The van der Waals surface area contributed by atoms with Crippen molar-refractivity contribution >= 4 is 47.1 Å². The molecule has 1 aromatic heterocycles. The number of nitrogens with one attached hydrogen (secondary N) is 2. The summed E-state index contributed by atoms with van der Waals surface area (Å²) in [7, 11) is 0. The summed E-state index contributed by atoms with van der Waals surface area (Å²) < 4.78 is 5.48. The predicted molar refractivity (Wildman–Crippen MR) is 130 cm³/mol. The molecule has 0 aliphatic heterocycles. The van der Waals surface area contributed by atoms with Gasteiger partial charge in [-0.15, -0.1) is 0 Å². The van der Waals surface area contributed by atoms with Crippen molar-refractivity contribution in [2.75, 3.05) is 17.7 Å². The standard InChI is InChI=1S/C23H22ClN5O3S/c1-15-11-16(2)27-23(26-15)33-14-22(31)29-25-12-17-7-9-18(10-8-17)32-13-21(30)28-20-6-4-3-5-19(20)24/h3-12H,13-14H2,1-2H3,(H,28,30)(H,29,31)/b25-12-. The molecule has 0 aliphatic rings. The first-order valence-electron chi connectivity index (χ1n) is 9.93. The number of hydrogen-bond donors (Lipinski definition) is 2. The summed E-state index contributed by atoms with van der Waals surface area (Å²) in [6.45, 7) is 3.61. The quantitative estimate of drug-likeness (QED) is 0.206. The monoisotopic (exact) mass is 483 g/mol. The molecule has 8 nitrogen and oxygen atoms in total. The van der Waals surface area contributed by atoms with Gasteiger partial charge in [0.25, 0.3) is 11.8 Å². The molecule has 3 rings (SSSR count). The van der Waals surface area contributed by atoms with Crippen molar-refractivity contribution in [3.63, 3.8) is 0 Å². The van der Waals surface area contributed by atoms with Crippen molar-refractivity contribution in [2.45, 2.75) is 19.0 Å². The molecule has 2 aromatic carbocycles. The first kappa shape index (κ1) is 24.2. The molecule has 170 valence electrons. The van der Waals surface area contributed by atoms with Gasteiger partial charge in [0.05, 0.1) is 22.7 Å². The van der Waals surface area contributed by atoms with Gasteiger partial charge in [-0.1, -0.05) is 35.5 Å². The van der Waals surface area contributed by atoms with Crippen LogP contribution in [0.25, 0.3) is 0 Å². The number of rotatable bonds is 9. The van der Waals surface area contributed by atoms with Gasteiger partial charge in [-0.2, -0.15) is 5.10 Å². The predicted octanol–water partition coefficient (Wildman–Crippen LogP) is 4.01. The lowest BCUT2D eigenvalue weighted by Gasteiger charge is -2.08. The van der Waals surface area contributed by atoms with Gasteiger partial charge in [-0.3, -0.25) is 9.59 Å². The van der Waals surface area contributed by atoms with Crippen LogP contribution in [0, 0.1) is 13.8 Å². The molecule has 0 bridgehead atoms. The normalized spacial score (nSPS) is 10.8. The lowest BCUT2D eigenvalue weighted by molar-refractivity contribution is -0.119. The Labute approximate surface area is 200 Å². The van der Waals surface area contributed by atoms with Crippen LogP contribution in [0.4, 0.5) is 5.69 Å². The van der Waals surface area contributed by atoms with E-state index in [4.69, 9.17) is 16.3 Å². The SMILES string of the molecule is Cc1cc(C)nc(SCC(=O)N/N=C\c2ccc(OCC(=O)Nc3ccccc3Cl)cc2)n1. The van der Waals surface area contributed by atoms with E-state index < -0.39 is 0 Å². The third-order valence-electron chi connectivity index (χ3n) is 4.09. The van der Waals surface area contributed by atoms with E-state index in [-0.39, 0.29) is 24.2 Å². The zero-order valence-corrected chi connectivity index (χ0v) is 19.6. The smallest absolute Gasteiger partial charge is 0.262 e. The van der Waals surface area contributed by atoms with Crippen molar-refractivity contribution in [3.8, 4) is 5.75 Å². The van der Waals surface area contributed by atoms with E-state index >= 15 is 0 Å². The van der Waals surface area contributed by atoms with Crippen LogP contribution >= 0.6 is 23.4 Å². The van der Waals surface area contributed by atoms with E-state index in [0.29, 0.717) is 21.6 Å². The van der Waals surface area contributed by atoms with E-state index in [2.05, 4.69) is 25.8 Å². The summed E-state index contributed by atoms with van der Waals surface area (Å²) in [4.78, 5) is 32.6. The number of benzene rings is 2. The van der Waals surface area contributed by atoms with Crippen molar-refractivity contribution < 1.29 is 14.3 Å². The van der Waals surface area contributed by atoms with Crippen LogP contribution in [0.2, 0.25) is 5.02 Å². The van der Waals surface area contributed by atoms with E-state index in [1.807, 2.05) is 19.9 Å². The largest absolute Gasteiger partial charge is 0.484 e. The molecule has 0 fully saturated rings. The Morgan fingerprint density at radius 1 is 1.06 bits per heavy atom. The molecule has 2 N–H and O–H groups in total. The van der Waals surface area contributed by atoms with Crippen LogP contribution in [-0.4, -0.2) is 40.4 Å². The molecule has 0 unspecified atom stereocenters. The molecule has 2 amide bonds. The second-order valence-corrected chi connectivity index (χ2v) is 8.25. The Morgan fingerprint density at radius 2 is 1.76 bits per heavy atom. The summed E-state index contributed by atoms with van der Waals surface area (Å²) in [5.41, 5.74) is 5.48. The number of halogens is 1. The van der Waals surface area contributed by atoms with Gasteiger partial charge in [0, 0.05) is 11.4 Å². The number of carbonyl (C=O) groups is 2. The minimum absolute atomic E-state index is 0.156. The minimum atomic E-state index is -0.319. The highest BCUT2D eigenvalue weighted by Crippen LogP contribution is 2.20. The van der Waals surface area contributed by atoms with Crippen LogP contribution in [0.1, 0.15) is 17.0 Å². The fourth-order valence-electron chi connectivity index (χ4n) is 2.65. The number of anilines is 1.